The van der Waals surface area contributed by atoms with Crippen LogP contribution in [0.3, 0.4) is 0 Å². The topological polar surface area (TPSA) is 78.9 Å². The van der Waals surface area contributed by atoms with Gasteiger partial charge in [-0.2, -0.15) is 0 Å². The largest absolute Gasteiger partial charge is 0.481 e. The fraction of sp³-hybridized carbons (Fsp3) is 0.857. The molecular weight excluding hydrogens is 260 g/mol. The lowest BCUT2D eigenvalue weighted by Gasteiger charge is -2.37. The van der Waals surface area contributed by atoms with E-state index < -0.39 is 11.4 Å². The van der Waals surface area contributed by atoms with Gasteiger partial charge >= 0.3 is 5.97 Å². The number of piperidine rings is 1. The molecule has 114 valence electrons. The first-order chi connectivity index (χ1) is 9.49. The van der Waals surface area contributed by atoms with Gasteiger partial charge in [0.1, 0.15) is 0 Å². The van der Waals surface area contributed by atoms with Crippen molar-refractivity contribution in [2.24, 2.45) is 5.41 Å². The van der Waals surface area contributed by atoms with Crippen LogP contribution in [-0.4, -0.2) is 60.8 Å². The SMILES string of the molecule is CC1(C(=O)O)CCCN(CC(=O)NCC2CCCO2)C1. The van der Waals surface area contributed by atoms with Gasteiger partial charge in [-0.1, -0.05) is 0 Å². The molecule has 2 heterocycles. The Labute approximate surface area is 119 Å². The van der Waals surface area contributed by atoms with Crippen LogP contribution < -0.4 is 5.32 Å². The van der Waals surface area contributed by atoms with Gasteiger partial charge in [0, 0.05) is 19.7 Å². The Kier molecular flexibility index (Phi) is 4.99. The molecule has 0 bridgehead atoms. The zero-order valence-corrected chi connectivity index (χ0v) is 12.1. The van der Waals surface area contributed by atoms with E-state index in [1.54, 1.807) is 6.92 Å². The van der Waals surface area contributed by atoms with E-state index in [4.69, 9.17) is 4.74 Å². The second-order valence-corrected chi connectivity index (χ2v) is 6.12. The predicted molar refractivity (Wildman–Crippen MR) is 73.4 cm³/mol. The van der Waals surface area contributed by atoms with Gasteiger partial charge in [0.15, 0.2) is 0 Å². The van der Waals surface area contributed by atoms with Crippen molar-refractivity contribution in [1.29, 1.82) is 0 Å². The number of hydrogen-bond acceptors (Lipinski definition) is 4. The van der Waals surface area contributed by atoms with Crippen LogP contribution >= 0.6 is 0 Å². The zero-order chi connectivity index (χ0) is 14.6. The fourth-order valence-electron chi connectivity index (χ4n) is 2.95. The third-order valence-electron chi connectivity index (χ3n) is 4.21. The Morgan fingerprint density at radius 2 is 2.25 bits per heavy atom. The molecule has 2 fully saturated rings. The number of rotatable bonds is 5. The Hall–Kier alpha value is -1.14. The molecule has 0 aromatic rings. The third kappa shape index (κ3) is 3.93. The zero-order valence-electron chi connectivity index (χ0n) is 12.1. The number of carboxylic acid groups (broad SMARTS) is 1. The van der Waals surface area contributed by atoms with Crippen LogP contribution in [0.25, 0.3) is 0 Å². The van der Waals surface area contributed by atoms with Crippen LogP contribution in [0, 0.1) is 5.41 Å². The summed E-state index contributed by atoms with van der Waals surface area (Å²) in [4.78, 5) is 25.1. The van der Waals surface area contributed by atoms with Crippen molar-refractivity contribution in [3.8, 4) is 0 Å². The van der Waals surface area contributed by atoms with Gasteiger partial charge < -0.3 is 15.2 Å². The van der Waals surface area contributed by atoms with Crippen LogP contribution in [0.5, 0.6) is 0 Å². The molecule has 2 rings (SSSR count). The van der Waals surface area contributed by atoms with E-state index in [2.05, 4.69) is 5.32 Å². The number of hydrogen-bond donors (Lipinski definition) is 2. The number of nitrogens with zero attached hydrogens (tertiary/aromatic N) is 1. The number of amides is 1. The predicted octanol–water partition coefficient (Wildman–Crippen LogP) is 0.468. The minimum absolute atomic E-state index is 0.0462. The van der Waals surface area contributed by atoms with Crippen molar-refractivity contribution in [1.82, 2.24) is 10.2 Å². The van der Waals surface area contributed by atoms with E-state index in [1.165, 1.54) is 0 Å². The summed E-state index contributed by atoms with van der Waals surface area (Å²) in [6.07, 6.45) is 3.70. The van der Waals surface area contributed by atoms with Crippen LogP contribution in [0.4, 0.5) is 0 Å². The molecular formula is C14H24N2O4. The summed E-state index contributed by atoms with van der Waals surface area (Å²) in [5.74, 6) is -0.822. The molecule has 0 aliphatic carbocycles. The fourth-order valence-corrected chi connectivity index (χ4v) is 2.95. The van der Waals surface area contributed by atoms with E-state index >= 15 is 0 Å². The molecule has 0 aromatic heterocycles. The molecule has 0 radical (unpaired) electrons. The Balaban J connectivity index is 1.74. The minimum atomic E-state index is -0.776. The molecule has 6 heteroatoms. The number of nitrogens with one attached hydrogen (secondary N) is 1. The molecule has 2 aliphatic rings. The number of carbonyl (C=O) groups is 2. The van der Waals surface area contributed by atoms with E-state index in [1.807, 2.05) is 4.90 Å². The van der Waals surface area contributed by atoms with Crippen LogP contribution in [0.15, 0.2) is 0 Å². The molecule has 2 saturated heterocycles. The summed E-state index contributed by atoms with van der Waals surface area (Å²) in [5.41, 5.74) is -0.729. The monoisotopic (exact) mass is 284 g/mol. The maximum atomic E-state index is 11.9. The highest BCUT2D eigenvalue weighted by Crippen LogP contribution is 2.29. The van der Waals surface area contributed by atoms with Crippen molar-refractivity contribution in [3.05, 3.63) is 0 Å². The average Bonchev–Trinajstić information content (AvgIpc) is 2.89. The molecule has 0 spiro atoms. The average molecular weight is 284 g/mol. The summed E-state index contributed by atoms with van der Waals surface area (Å²) in [6, 6.07) is 0. The van der Waals surface area contributed by atoms with Crippen molar-refractivity contribution in [3.63, 3.8) is 0 Å². The number of ether oxygens (including phenoxy) is 1. The highest BCUT2D eigenvalue weighted by molar-refractivity contribution is 5.78. The number of aliphatic carboxylic acids is 1. The van der Waals surface area contributed by atoms with E-state index in [9.17, 15) is 14.7 Å². The van der Waals surface area contributed by atoms with Gasteiger partial charge in [0.25, 0.3) is 0 Å². The van der Waals surface area contributed by atoms with Crippen molar-refractivity contribution >= 4 is 11.9 Å². The summed E-state index contributed by atoms with van der Waals surface area (Å²) in [7, 11) is 0. The van der Waals surface area contributed by atoms with Gasteiger partial charge in [-0.3, -0.25) is 14.5 Å². The van der Waals surface area contributed by atoms with Crippen LogP contribution in [0.2, 0.25) is 0 Å². The molecule has 20 heavy (non-hydrogen) atoms. The summed E-state index contributed by atoms with van der Waals surface area (Å²) in [5, 5.41) is 12.1. The van der Waals surface area contributed by atoms with E-state index in [0.717, 1.165) is 32.4 Å². The van der Waals surface area contributed by atoms with Crippen molar-refractivity contribution in [2.45, 2.75) is 38.7 Å². The summed E-state index contributed by atoms with van der Waals surface area (Å²) >= 11 is 0. The Bertz CT molecular complexity index is 368. The Morgan fingerprint density at radius 1 is 1.45 bits per heavy atom. The normalized spacial score (nSPS) is 31.1. The minimum Gasteiger partial charge on any atom is -0.481 e. The molecule has 2 atom stereocenters. The number of carboxylic acids is 1. The second kappa shape index (κ2) is 6.54. The van der Waals surface area contributed by atoms with Crippen LogP contribution in [0.1, 0.15) is 32.6 Å². The molecule has 0 aromatic carbocycles. The lowest BCUT2D eigenvalue weighted by atomic mass is 9.82. The van der Waals surface area contributed by atoms with Gasteiger partial charge in [-0.25, -0.2) is 0 Å². The first kappa shape index (κ1) is 15.3. The van der Waals surface area contributed by atoms with Crippen LogP contribution in [-0.2, 0) is 14.3 Å². The lowest BCUT2D eigenvalue weighted by molar-refractivity contribution is -0.151. The summed E-state index contributed by atoms with van der Waals surface area (Å²) in [6.45, 7) is 4.60. The molecule has 6 nitrogen and oxygen atoms in total. The number of carbonyl (C=O) groups excluding carboxylic acids is 1. The second-order valence-electron chi connectivity index (χ2n) is 6.12. The molecule has 2 unspecified atom stereocenters. The third-order valence-corrected chi connectivity index (χ3v) is 4.21. The highest BCUT2D eigenvalue weighted by atomic mass is 16.5. The lowest BCUT2D eigenvalue weighted by Crippen LogP contribution is -2.49. The van der Waals surface area contributed by atoms with E-state index in [-0.39, 0.29) is 18.6 Å². The van der Waals surface area contributed by atoms with Crippen molar-refractivity contribution in [2.75, 3.05) is 32.8 Å². The Morgan fingerprint density at radius 3 is 2.90 bits per heavy atom. The molecule has 0 saturated carbocycles. The summed E-state index contributed by atoms with van der Waals surface area (Å²) < 4.78 is 5.45. The maximum absolute atomic E-state index is 11.9. The first-order valence-corrected chi connectivity index (χ1v) is 7.34. The highest BCUT2D eigenvalue weighted by Gasteiger charge is 2.38. The standard InChI is InChI=1S/C14H24N2O4/c1-14(13(18)19)5-3-6-16(10-14)9-12(17)15-8-11-4-2-7-20-11/h11H,2-10H2,1H3,(H,15,17)(H,18,19). The van der Waals surface area contributed by atoms with E-state index in [0.29, 0.717) is 19.5 Å². The molecule has 1 amide bonds. The van der Waals surface area contributed by atoms with Gasteiger partial charge in [-0.05, 0) is 39.2 Å². The quantitative estimate of drug-likeness (QED) is 0.767. The first-order valence-electron chi connectivity index (χ1n) is 7.34. The van der Waals surface area contributed by atoms with Gasteiger partial charge in [0.2, 0.25) is 5.91 Å². The smallest absolute Gasteiger partial charge is 0.310 e. The maximum Gasteiger partial charge on any atom is 0.310 e. The molecule has 2 N–H and O–H groups in total. The van der Waals surface area contributed by atoms with Gasteiger partial charge in [0.05, 0.1) is 18.1 Å². The van der Waals surface area contributed by atoms with Gasteiger partial charge in [-0.15, -0.1) is 0 Å². The van der Waals surface area contributed by atoms with Crippen molar-refractivity contribution < 1.29 is 19.4 Å². The molecule has 2 aliphatic heterocycles. The number of likely N-dealkylation sites (tertiary alicyclic amines) is 1.